The lowest BCUT2D eigenvalue weighted by atomic mass is 10.4. The van der Waals surface area contributed by atoms with E-state index in [0.717, 1.165) is 5.75 Å². The number of ether oxygens (including phenoxy) is 1. The second-order valence-corrected chi connectivity index (χ2v) is 5.50. The largest absolute Gasteiger partial charge is 0.493 e. The third kappa shape index (κ3) is 3.11. The zero-order chi connectivity index (χ0) is 11.3. The van der Waals surface area contributed by atoms with Crippen molar-refractivity contribution < 1.29 is 4.74 Å². The molecule has 0 spiro atoms. The molecule has 1 N–H and O–H groups in total. The van der Waals surface area contributed by atoms with Crippen LogP contribution in [-0.4, -0.2) is 32.0 Å². The summed E-state index contributed by atoms with van der Waals surface area (Å²) in [4.78, 5) is 4.29. The number of methoxy groups -OCH3 is 1. The first kappa shape index (κ1) is 11.8. The first-order chi connectivity index (χ1) is 7.19. The average molecular weight is 222 g/mol. The van der Waals surface area contributed by atoms with Crippen molar-refractivity contribution in [1.29, 1.82) is 0 Å². The molecule has 0 unspecified atom stereocenters. The number of anilines is 1. The maximum absolute atomic E-state index is 5.25. The Morgan fingerprint density at radius 2 is 2.33 bits per heavy atom. The van der Waals surface area contributed by atoms with Crippen LogP contribution in [0.4, 0.5) is 5.82 Å². The van der Waals surface area contributed by atoms with Gasteiger partial charge in [-0.15, -0.1) is 6.42 Å². The van der Waals surface area contributed by atoms with E-state index in [1.807, 2.05) is 12.3 Å². The molecule has 0 fully saturated rings. The summed E-state index contributed by atoms with van der Waals surface area (Å²) < 4.78 is 5.25. The minimum absolute atomic E-state index is 0.153. The number of nitrogens with one attached hydrogen (secondary N) is 1. The highest BCUT2D eigenvalue weighted by Gasteiger charge is 2.07. The van der Waals surface area contributed by atoms with Crippen molar-refractivity contribution >= 4 is 19.0 Å². The van der Waals surface area contributed by atoms with Gasteiger partial charge in [0.2, 0.25) is 0 Å². The highest BCUT2D eigenvalue weighted by atomic mass is 31.1. The Morgan fingerprint density at radius 3 is 2.87 bits per heavy atom. The van der Waals surface area contributed by atoms with Crippen molar-refractivity contribution in [2.45, 2.75) is 0 Å². The molecule has 80 valence electrons. The fourth-order valence-corrected chi connectivity index (χ4v) is 1.77. The smallest absolute Gasteiger partial charge is 0.169 e. The van der Waals surface area contributed by atoms with Crippen molar-refractivity contribution in [3.63, 3.8) is 0 Å². The van der Waals surface area contributed by atoms with Crippen LogP contribution in [0.1, 0.15) is 0 Å². The molecule has 3 nitrogen and oxygen atoms in total. The molecule has 1 rings (SSSR count). The van der Waals surface area contributed by atoms with E-state index in [1.165, 1.54) is 5.30 Å². The molecule has 15 heavy (non-hydrogen) atoms. The van der Waals surface area contributed by atoms with E-state index < -0.39 is 0 Å². The minimum Gasteiger partial charge on any atom is -0.493 e. The molecule has 0 aliphatic carbocycles. The molecule has 1 aromatic heterocycles. The summed E-state index contributed by atoms with van der Waals surface area (Å²) in [6.45, 7) is 4.82. The van der Waals surface area contributed by atoms with Crippen molar-refractivity contribution in [2.75, 3.05) is 32.3 Å². The van der Waals surface area contributed by atoms with Gasteiger partial charge in [-0.25, -0.2) is 4.98 Å². The van der Waals surface area contributed by atoms with E-state index in [4.69, 9.17) is 11.2 Å². The molecular weight excluding hydrogens is 207 g/mol. The maximum atomic E-state index is 5.25. The van der Waals surface area contributed by atoms with Crippen molar-refractivity contribution in [1.82, 2.24) is 4.98 Å². The standard InChI is InChI=1S/C11H15N2OP/c1-5-6-12-11-10(14-2)7-9(8-13-11)15(3)4/h1,7-8H,6H2,2-4H3,(H,12,13). The van der Waals surface area contributed by atoms with Crippen LogP contribution >= 0.6 is 7.92 Å². The summed E-state index contributed by atoms with van der Waals surface area (Å²) in [5, 5.41) is 4.23. The Bertz CT molecular complexity index is 371. The summed E-state index contributed by atoms with van der Waals surface area (Å²) in [5.74, 6) is 3.96. The first-order valence-corrected chi connectivity index (χ1v) is 6.81. The third-order valence-corrected chi connectivity index (χ3v) is 3.21. The summed E-state index contributed by atoms with van der Waals surface area (Å²) >= 11 is 0. The van der Waals surface area contributed by atoms with E-state index in [1.54, 1.807) is 7.11 Å². The molecular formula is C11H15N2OP. The highest BCUT2D eigenvalue weighted by Crippen LogP contribution is 2.28. The van der Waals surface area contributed by atoms with Crippen LogP contribution in [0.25, 0.3) is 0 Å². The van der Waals surface area contributed by atoms with Gasteiger partial charge in [0, 0.05) is 6.20 Å². The molecule has 4 heteroatoms. The zero-order valence-electron chi connectivity index (χ0n) is 9.24. The van der Waals surface area contributed by atoms with E-state index in [-0.39, 0.29) is 7.92 Å². The van der Waals surface area contributed by atoms with Crippen LogP contribution < -0.4 is 15.4 Å². The number of hydrogen-bond acceptors (Lipinski definition) is 3. The van der Waals surface area contributed by atoms with Gasteiger partial charge in [-0.3, -0.25) is 0 Å². The molecule has 0 aliphatic rings. The lowest BCUT2D eigenvalue weighted by molar-refractivity contribution is 0.415. The lowest BCUT2D eigenvalue weighted by Crippen LogP contribution is -2.08. The Morgan fingerprint density at radius 1 is 1.60 bits per heavy atom. The molecule has 0 saturated carbocycles. The van der Waals surface area contributed by atoms with Crippen molar-refractivity contribution in [3.05, 3.63) is 12.3 Å². The predicted octanol–water partition coefficient (Wildman–Crippen LogP) is 1.50. The number of pyridine rings is 1. The molecule has 0 aliphatic heterocycles. The SMILES string of the molecule is C#CCNc1ncc(P(C)C)cc1OC. The molecule has 0 amide bonds. The summed E-state index contributed by atoms with van der Waals surface area (Å²) in [5.41, 5.74) is 0. The van der Waals surface area contributed by atoms with Crippen LogP contribution in [0.3, 0.4) is 0 Å². The first-order valence-electron chi connectivity index (χ1n) is 4.57. The lowest BCUT2D eigenvalue weighted by Gasteiger charge is -2.11. The van der Waals surface area contributed by atoms with Gasteiger partial charge in [-0.1, -0.05) is 13.8 Å². The summed E-state index contributed by atoms with van der Waals surface area (Å²) in [6, 6.07) is 2.01. The Labute approximate surface area is 92.0 Å². The van der Waals surface area contributed by atoms with Gasteiger partial charge in [0.1, 0.15) is 0 Å². The Kier molecular flexibility index (Phi) is 4.39. The topological polar surface area (TPSA) is 34.2 Å². The van der Waals surface area contributed by atoms with Gasteiger partial charge in [0.15, 0.2) is 11.6 Å². The fraction of sp³-hybridized carbons (Fsp3) is 0.364. The van der Waals surface area contributed by atoms with E-state index in [9.17, 15) is 0 Å². The molecule has 0 saturated heterocycles. The van der Waals surface area contributed by atoms with Gasteiger partial charge >= 0.3 is 0 Å². The van der Waals surface area contributed by atoms with Crippen molar-refractivity contribution in [3.8, 4) is 18.1 Å². The summed E-state index contributed by atoms with van der Waals surface area (Å²) in [7, 11) is 1.48. The fourth-order valence-electron chi connectivity index (χ4n) is 1.10. The zero-order valence-corrected chi connectivity index (χ0v) is 10.1. The molecule has 0 bridgehead atoms. The van der Waals surface area contributed by atoms with Crippen LogP contribution in [0.15, 0.2) is 12.3 Å². The summed E-state index contributed by atoms with van der Waals surface area (Å²) in [6.07, 6.45) is 7.04. The normalized spacial score (nSPS) is 9.80. The van der Waals surface area contributed by atoms with Gasteiger partial charge in [-0.2, -0.15) is 0 Å². The third-order valence-electron chi connectivity index (χ3n) is 1.93. The Hall–Kier alpha value is -1.26. The van der Waals surface area contributed by atoms with E-state index in [0.29, 0.717) is 12.4 Å². The van der Waals surface area contributed by atoms with Crippen LogP contribution in [0.2, 0.25) is 0 Å². The van der Waals surface area contributed by atoms with Gasteiger partial charge in [-0.05, 0) is 24.7 Å². The number of terminal acetylenes is 1. The van der Waals surface area contributed by atoms with Gasteiger partial charge in [0.05, 0.1) is 13.7 Å². The second kappa shape index (κ2) is 5.58. The minimum atomic E-state index is -0.153. The van der Waals surface area contributed by atoms with Crippen LogP contribution in [0.5, 0.6) is 5.75 Å². The highest BCUT2D eigenvalue weighted by molar-refractivity contribution is 7.64. The maximum Gasteiger partial charge on any atom is 0.169 e. The molecule has 0 aromatic carbocycles. The Balaban J connectivity index is 2.94. The quantitative estimate of drug-likeness (QED) is 0.619. The van der Waals surface area contributed by atoms with E-state index >= 15 is 0 Å². The molecule has 0 radical (unpaired) electrons. The molecule has 1 aromatic rings. The number of nitrogens with zero attached hydrogens (tertiary/aromatic N) is 1. The van der Waals surface area contributed by atoms with E-state index in [2.05, 4.69) is 29.6 Å². The van der Waals surface area contributed by atoms with Crippen LogP contribution in [-0.2, 0) is 0 Å². The van der Waals surface area contributed by atoms with Crippen molar-refractivity contribution in [2.24, 2.45) is 0 Å². The number of hydrogen-bond donors (Lipinski definition) is 1. The second-order valence-electron chi connectivity index (χ2n) is 3.20. The predicted molar refractivity (Wildman–Crippen MR) is 66.5 cm³/mol. The molecule has 1 heterocycles. The van der Waals surface area contributed by atoms with Gasteiger partial charge in [0.25, 0.3) is 0 Å². The number of rotatable bonds is 4. The average Bonchev–Trinajstić information content (AvgIpc) is 2.25. The monoisotopic (exact) mass is 222 g/mol. The van der Waals surface area contributed by atoms with Crippen LogP contribution in [0, 0.1) is 12.3 Å². The van der Waals surface area contributed by atoms with Gasteiger partial charge < -0.3 is 10.1 Å². The molecule has 0 atom stereocenters. The number of aromatic nitrogens is 1.